The molecule has 176 valence electrons. The number of carbonyl (C=O) groups excluding carboxylic acids is 3. The van der Waals surface area contributed by atoms with Crippen molar-refractivity contribution in [3.8, 4) is 0 Å². The van der Waals surface area contributed by atoms with Crippen molar-refractivity contribution in [2.45, 2.75) is 20.4 Å². The summed E-state index contributed by atoms with van der Waals surface area (Å²) in [5, 5.41) is 10.8. The van der Waals surface area contributed by atoms with Gasteiger partial charge in [-0.15, -0.1) is 0 Å². The molecule has 34 heavy (non-hydrogen) atoms. The quantitative estimate of drug-likeness (QED) is 0.207. The van der Waals surface area contributed by atoms with Crippen molar-refractivity contribution in [1.29, 1.82) is 0 Å². The maximum atomic E-state index is 12.5. The minimum atomic E-state index is -0.590. The van der Waals surface area contributed by atoms with Gasteiger partial charge in [-0.3, -0.25) is 19.7 Å². The molecule has 0 aliphatic carbocycles. The van der Waals surface area contributed by atoms with E-state index in [0.717, 1.165) is 11.3 Å². The number of fused-ring (bicyclic) bond motifs is 1. The van der Waals surface area contributed by atoms with E-state index in [1.807, 2.05) is 0 Å². The monoisotopic (exact) mass is 483 g/mol. The Hall–Kier alpha value is -4.12. The second kappa shape index (κ2) is 11.1. The summed E-state index contributed by atoms with van der Waals surface area (Å²) < 4.78 is 12.2. The minimum absolute atomic E-state index is 0.0550. The van der Waals surface area contributed by atoms with E-state index in [0.29, 0.717) is 21.3 Å². The van der Waals surface area contributed by atoms with E-state index in [1.165, 1.54) is 36.4 Å². The molecule has 1 aromatic heterocycles. The van der Waals surface area contributed by atoms with Crippen molar-refractivity contribution in [2.24, 2.45) is 4.99 Å². The molecule has 3 rings (SSSR count). The van der Waals surface area contributed by atoms with Crippen LogP contribution in [-0.4, -0.2) is 40.5 Å². The van der Waals surface area contributed by atoms with Crippen LogP contribution in [0.25, 0.3) is 16.3 Å². The van der Waals surface area contributed by atoms with Crippen molar-refractivity contribution in [3.05, 3.63) is 74.6 Å². The Labute approximate surface area is 197 Å². The van der Waals surface area contributed by atoms with E-state index in [4.69, 9.17) is 9.47 Å². The first-order chi connectivity index (χ1) is 16.3. The number of esters is 2. The molecule has 1 amide bonds. The van der Waals surface area contributed by atoms with Crippen LogP contribution in [0, 0.1) is 10.1 Å². The van der Waals surface area contributed by atoms with Crippen LogP contribution in [0.3, 0.4) is 0 Å². The van der Waals surface area contributed by atoms with Crippen molar-refractivity contribution in [3.63, 3.8) is 0 Å². The Bertz CT molecular complexity index is 1340. The first-order valence-electron chi connectivity index (χ1n) is 10.3. The number of hydrogen-bond donors (Lipinski definition) is 0. The molecule has 0 bridgehead atoms. The molecular weight excluding hydrogens is 462 g/mol. The number of hydrogen-bond acceptors (Lipinski definition) is 8. The molecule has 0 atom stereocenters. The number of thiazole rings is 1. The number of nitro groups is 1. The third-order valence-electron chi connectivity index (χ3n) is 4.51. The molecule has 1 heterocycles. The Morgan fingerprint density at radius 2 is 1.79 bits per heavy atom. The number of nitro benzene ring substituents is 1. The molecule has 0 radical (unpaired) electrons. The predicted molar refractivity (Wildman–Crippen MR) is 125 cm³/mol. The smallest absolute Gasteiger partial charge is 0.338 e. The summed E-state index contributed by atoms with van der Waals surface area (Å²) >= 11 is 1.14. The third kappa shape index (κ3) is 6.01. The van der Waals surface area contributed by atoms with E-state index in [2.05, 4.69) is 4.99 Å². The number of benzene rings is 2. The predicted octanol–water partition coefficient (Wildman–Crippen LogP) is 3.49. The van der Waals surface area contributed by atoms with Crippen LogP contribution >= 0.6 is 11.3 Å². The summed E-state index contributed by atoms with van der Waals surface area (Å²) in [5.74, 6) is -1.56. The number of non-ortho nitro benzene ring substituents is 1. The van der Waals surface area contributed by atoms with Crippen molar-refractivity contribution < 1.29 is 28.8 Å². The van der Waals surface area contributed by atoms with E-state index in [-0.39, 0.29) is 30.2 Å². The molecule has 10 nitrogen and oxygen atoms in total. The van der Waals surface area contributed by atoms with Crippen LogP contribution in [0.4, 0.5) is 5.69 Å². The van der Waals surface area contributed by atoms with Gasteiger partial charge in [-0.1, -0.05) is 11.3 Å². The molecule has 0 aliphatic heterocycles. The van der Waals surface area contributed by atoms with Crippen LogP contribution in [-0.2, 0) is 25.6 Å². The lowest BCUT2D eigenvalue weighted by Crippen LogP contribution is -2.22. The summed E-state index contributed by atoms with van der Waals surface area (Å²) in [7, 11) is 0. The largest absolute Gasteiger partial charge is 0.465 e. The van der Waals surface area contributed by atoms with Gasteiger partial charge in [-0.2, -0.15) is 4.99 Å². The highest BCUT2D eigenvalue weighted by Gasteiger charge is 2.15. The summed E-state index contributed by atoms with van der Waals surface area (Å²) in [6.45, 7) is 3.68. The van der Waals surface area contributed by atoms with Gasteiger partial charge in [0.1, 0.15) is 6.54 Å². The molecule has 2 aromatic carbocycles. The van der Waals surface area contributed by atoms with Crippen LogP contribution < -0.4 is 4.80 Å². The van der Waals surface area contributed by atoms with E-state index < -0.39 is 22.8 Å². The number of rotatable bonds is 8. The Morgan fingerprint density at radius 1 is 1.09 bits per heavy atom. The molecule has 11 heteroatoms. The maximum Gasteiger partial charge on any atom is 0.338 e. The molecular formula is C23H21N3O7S. The van der Waals surface area contributed by atoms with E-state index >= 15 is 0 Å². The van der Waals surface area contributed by atoms with Crippen LogP contribution in [0.2, 0.25) is 0 Å². The second-order valence-corrected chi connectivity index (χ2v) is 7.82. The molecule has 0 saturated carbocycles. The molecule has 0 N–H and O–H groups in total. The fourth-order valence-electron chi connectivity index (χ4n) is 2.99. The Kier molecular flexibility index (Phi) is 8.04. The lowest BCUT2D eigenvalue weighted by molar-refractivity contribution is -0.384. The number of ether oxygens (including phenoxy) is 2. The van der Waals surface area contributed by atoms with Gasteiger partial charge in [0.05, 0.1) is 33.9 Å². The first-order valence-corrected chi connectivity index (χ1v) is 11.1. The number of carbonyl (C=O) groups is 3. The summed E-state index contributed by atoms with van der Waals surface area (Å²) in [4.78, 5) is 51.3. The maximum absolute atomic E-state index is 12.5. The van der Waals surface area contributed by atoms with Crippen molar-refractivity contribution in [2.75, 3.05) is 13.2 Å². The van der Waals surface area contributed by atoms with E-state index in [9.17, 15) is 24.5 Å². The minimum Gasteiger partial charge on any atom is -0.465 e. The van der Waals surface area contributed by atoms with E-state index in [1.54, 1.807) is 36.6 Å². The number of aromatic nitrogens is 1. The Balaban J connectivity index is 1.96. The molecule has 3 aromatic rings. The van der Waals surface area contributed by atoms with Gasteiger partial charge in [0.25, 0.3) is 11.6 Å². The molecule has 0 aliphatic rings. The zero-order chi connectivity index (χ0) is 24.7. The average molecular weight is 484 g/mol. The van der Waals surface area contributed by atoms with Gasteiger partial charge in [-0.05, 0) is 55.8 Å². The zero-order valence-corrected chi connectivity index (χ0v) is 19.2. The number of amides is 1. The SMILES string of the molecule is CCOC(=O)Cn1c(=NC(=O)C=Cc2ccc([N+](=O)[O-])cc2)sc2cc(C(=O)OCC)ccc21. The van der Waals surface area contributed by atoms with Gasteiger partial charge in [0.15, 0.2) is 4.80 Å². The van der Waals surface area contributed by atoms with Crippen LogP contribution in [0.15, 0.2) is 53.5 Å². The zero-order valence-electron chi connectivity index (χ0n) is 18.4. The lowest BCUT2D eigenvalue weighted by atomic mass is 10.2. The first kappa shape index (κ1) is 24.5. The van der Waals surface area contributed by atoms with Crippen LogP contribution in [0.5, 0.6) is 0 Å². The van der Waals surface area contributed by atoms with Gasteiger partial charge in [0.2, 0.25) is 0 Å². The highest BCUT2D eigenvalue weighted by molar-refractivity contribution is 7.16. The molecule has 0 saturated heterocycles. The Morgan fingerprint density at radius 3 is 2.44 bits per heavy atom. The van der Waals surface area contributed by atoms with Gasteiger partial charge in [-0.25, -0.2) is 4.79 Å². The molecule has 0 unspecified atom stereocenters. The highest BCUT2D eigenvalue weighted by Crippen LogP contribution is 2.20. The number of nitrogens with zero attached hydrogens (tertiary/aromatic N) is 3. The van der Waals surface area contributed by atoms with Crippen LogP contribution in [0.1, 0.15) is 29.8 Å². The third-order valence-corrected chi connectivity index (χ3v) is 5.56. The van der Waals surface area contributed by atoms with Crippen molar-refractivity contribution in [1.82, 2.24) is 4.57 Å². The summed E-state index contributed by atoms with van der Waals surface area (Å²) in [6.07, 6.45) is 2.71. The molecule has 0 spiro atoms. The fourth-order valence-corrected chi connectivity index (χ4v) is 4.07. The fraction of sp³-hybridized carbons (Fsp3) is 0.217. The highest BCUT2D eigenvalue weighted by atomic mass is 32.1. The summed E-state index contributed by atoms with van der Waals surface area (Å²) in [6, 6.07) is 10.6. The molecule has 0 fully saturated rings. The summed E-state index contributed by atoms with van der Waals surface area (Å²) in [5.41, 5.74) is 1.48. The van der Waals surface area contributed by atoms with Gasteiger partial charge >= 0.3 is 11.9 Å². The lowest BCUT2D eigenvalue weighted by Gasteiger charge is -2.06. The topological polar surface area (TPSA) is 130 Å². The van der Waals surface area contributed by atoms with Gasteiger partial charge in [0, 0.05) is 18.2 Å². The second-order valence-electron chi connectivity index (χ2n) is 6.81. The standard InChI is InChI=1S/C23H21N3O7S/c1-3-32-21(28)14-25-18-11-8-16(22(29)33-4-2)13-19(18)34-23(25)24-20(27)12-7-15-5-9-17(10-6-15)26(30)31/h5-13H,3-4,14H2,1-2H3. The normalized spacial score (nSPS) is 11.6. The van der Waals surface area contributed by atoms with Gasteiger partial charge < -0.3 is 14.0 Å². The van der Waals surface area contributed by atoms with Crippen molar-refractivity contribution >= 4 is 51.2 Å². The average Bonchev–Trinajstić information content (AvgIpc) is 3.14.